The van der Waals surface area contributed by atoms with Crippen molar-refractivity contribution >= 4 is 5.69 Å². The van der Waals surface area contributed by atoms with Gasteiger partial charge in [0, 0.05) is 12.2 Å². The van der Waals surface area contributed by atoms with Gasteiger partial charge in [-0.05, 0) is 24.3 Å². The third kappa shape index (κ3) is 5.26. The van der Waals surface area contributed by atoms with Crippen molar-refractivity contribution in [2.45, 2.75) is 12.5 Å². The van der Waals surface area contributed by atoms with Crippen LogP contribution in [0.3, 0.4) is 0 Å². The molecule has 0 aliphatic carbocycles. The van der Waals surface area contributed by atoms with Crippen LogP contribution in [0.25, 0.3) is 0 Å². The summed E-state index contributed by atoms with van der Waals surface area (Å²) in [7, 11) is 0. The molecule has 102 valence electrons. The van der Waals surface area contributed by atoms with Gasteiger partial charge in [-0.15, -0.1) is 13.2 Å². The van der Waals surface area contributed by atoms with Gasteiger partial charge in [-0.25, -0.2) is 0 Å². The lowest BCUT2D eigenvalue weighted by Crippen LogP contribution is -2.19. The minimum Gasteiger partial charge on any atom is -0.383 e. The largest absolute Gasteiger partial charge is 0.522 e. The summed E-state index contributed by atoms with van der Waals surface area (Å²) in [6.45, 7) is -0.782. The van der Waals surface area contributed by atoms with E-state index in [1.807, 2.05) is 0 Å². The highest BCUT2D eigenvalue weighted by Crippen LogP contribution is 2.29. The van der Waals surface area contributed by atoms with Crippen molar-refractivity contribution in [1.82, 2.24) is 0 Å². The van der Waals surface area contributed by atoms with Crippen molar-refractivity contribution in [3.8, 4) is 0 Å². The Hall–Kier alpha value is -1.44. The van der Waals surface area contributed by atoms with Crippen LogP contribution in [0.4, 0.5) is 32.0 Å². The van der Waals surface area contributed by atoms with E-state index < -0.39 is 24.7 Å². The number of benzene rings is 1. The first-order valence-electron chi connectivity index (χ1n) is 4.80. The zero-order valence-electron chi connectivity index (χ0n) is 8.90. The van der Waals surface area contributed by atoms with E-state index in [9.17, 15) is 26.3 Å². The van der Waals surface area contributed by atoms with E-state index >= 15 is 0 Å². The van der Waals surface area contributed by atoms with Gasteiger partial charge in [0.2, 0.25) is 0 Å². The molecule has 0 unspecified atom stereocenters. The summed E-state index contributed by atoms with van der Waals surface area (Å²) in [6, 6.07) is 3.95. The fraction of sp³-hybridized carbons (Fsp3) is 0.400. The summed E-state index contributed by atoms with van der Waals surface area (Å²) in [5, 5.41) is 2.50. The number of hydrogen-bond donors (Lipinski definition) is 1. The molecule has 1 aromatic carbocycles. The highest BCUT2D eigenvalue weighted by atomic mass is 19.4. The summed E-state index contributed by atoms with van der Waals surface area (Å²) in [5.41, 5.74) is -0.534. The Bertz CT molecular complexity index is 369. The Balaban J connectivity index is 2.41. The molecule has 0 spiro atoms. The molecule has 2 nitrogen and oxygen atoms in total. The molecule has 0 saturated heterocycles. The van der Waals surface area contributed by atoms with E-state index in [1.165, 1.54) is 0 Å². The summed E-state index contributed by atoms with van der Waals surface area (Å²) in [5.74, 6) is 0. The molecule has 1 N–H and O–H groups in total. The molecule has 0 heterocycles. The van der Waals surface area contributed by atoms with Gasteiger partial charge < -0.3 is 5.32 Å². The number of ether oxygens (including phenoxy) is 1. The van der Waals surface area contributed by atoms with Gasteiger partial charge in [-0.3, -0.25) is 4.74 Å². The molecule has 1 rings (SSSR count). The Morgan fingerprint density at radius 1 is 0.944 bits per heavy atom. The van der Waals surface area contributed by atoms with Gasteiger partial charge >= 0.3 is 12.5 Å². The van der Waals surface area contributed by atoms with Crippen molar-refractivity contribution in [2.24, 2.45) is 0 Å². The van der Waals surface area contributed by atoms with Crippen LogP contribution in [-0.2, 0) is 10.9 Å². The molecule has 8 heteroatoms. The van der Waals surface area contributed by atoms with Crippen LogP contribution in [0.1, 0.15) is 5.56 Å². The monoisotopic (exact) mass is 273 g/mol. The van der Waals surface area contributed by atoms with Crippen LogP contribution >= 0.6 is 0 Å². The van der Waals surface area contributed by atoms with Crippen LogP contribution in [0.2, 0.25) is 0 Å². The van der Waals surface area contributed by atoms with Gasteiger partial charge in [0.1, 0.15) is 0 Å². The lowest BCUT2D eigenvalue weighted by atomic mass is 10.2. The zero-order valence-corrected chi connectivity index (χ0v) is 8.90. The van der Waals surface area contributed by atoms with Crippen LogP contribution in [0.15, 0.2) is 24.3 Å². The van der Waals surface area contributed by atoms with Crippen LogP contribution in [0.5, 0.6) is 0 Å². The molecule has 0 atom stereocenters. The zero-order chi connectivity index (χ0) is 13.8. The van der Waals surface area contributed by atoms with Crippen molar-refractivity contribution < 1.29 is 31.1 Å². The smallest absolute Gasteiger partial charge is 0.383 e. The Kier molecular flexibility index (Phi) is 4.44. The fourth-order valence-electron chi connectivity index (χ4n) is 1.14. The standard InChI is InChI=1S/C10H9F6NO/c11-9(12,13)7-1-3-8(4-2-7)17-5-6-18-10(14,15)16/h1-4,17H,5-6H2. The fourth-order valence-corrected chi connectivity index (χ4v) is 1.14. The normalized spacial score (nSPS) is 12.6. The average Bonchev–Trinajstić information content (AvgIpc) is 2.22. The molecule has 18 heavy (non-hydrogen) atoms. The number of nitrogens with one attached hydrogen (secondary N) is 1. The molecular weight excluding hydrogens is 264 g/mol. The van der Waals surface area contributed by atoms with E-state index in [0.717, 1.165) is 24.3 Å². The van der Waals surface area contributed by atoms with E-state index in [4.69, 9.17) is 0 Å². The van der Waals surface area contributed by atoms with Crippen molar-refractivity contribution in [3.63, 3.8) is 0 Å². The molecule has 0 saturated carbocycles. The average molecular weight is 273 g/mol. The highest BCUT2D eigenvalue weighted by Gasteiger charge is 2.30. The first-order chi connectivity index (χ1) is 8.18. The summed E-state index contributed by atoms with van der Waals surface area (Å²) in [6.07, 6.45) is -9.14. The molecule has 0 aliphatic rings. The van der Waals surface area contributed by atoms with E-state index in [1.54, 1.807) is 0 Å². The second-order valence-corrected chi connectivity index (χ2v) is 3.30. The van der Waals surface area contributed by atoms with Gasteiger partial charge in [0.05, 0.1) is 12.2 Å². The van der Waals surface area contributed by atoms with Crippen molar-refractivity contribution in [3.05, 3.63) is 29.8 Å². The van der Waals surface area contributed by atoms with Crippen molar-refractivity contribution in [1.29, 1.82) is 0 Å². The molecule has 0 aliphatic heterocycles. The highest BCUT2D eigenvalue weighted by molar-refractivity contribution is 5.45. The maximum absolute atomic E-state index is 12.2. The third-order valence-corrected chi connectivity index (χ3v) is 1.91. The maximum atomic E-state index is 12.2. The summed E-state index contributed by atoms with van der Waals surface area (Å²) < 4.78 is 74.8. The minimum absolute atomic E-state index is 0.162. The number of hydrogen-bond acceptors (Lipinski definition) is 2. The van der Waals surface area contributed by atoms with Crippen molar-refractivity contribution in [2.75, 3.05) is 18.5 Å². The predicted octanol–water partition coefficient (Wildman–Crippen LogP) is 3.65. The second kappa shape index (κ2) is 5.47. The molecule has 0 radical (unpaired) electrons. The SMILES string of the molecule is FC(F)(F)OCCNc1ccc(C(F)(F)F)cc1. The Labute approximate surface area is 98.5 Å². The number of anilines is 1. The second-order valence-electron chi connectivity index (χ2n) is 3.30. The van der Waals surface area contributed by atoms with Crippen LogP contribution in [-0.4, -0.2) is 19.5 Å². The third-order valence-electron chi connectivity index (χ3n) is 1.91. The lowest BCUT2D eigenvalue weighted by Gasteiger charge is -2.10. The molecule has 0 aromatic heterocycles. The van der Waals surface area contributed by atoms with E-state index in [0.29, 0.717) is 0 Å². The minimum atomic E-state index is -4.71. The molecular formula is C10H9F6NO. The molecule has 1 aromatic rings. The van der Waals surface area contributed by atoms with E-state index in [-0.39, 0.29) is 12.2 Å². The quantitative estimate of drug-likeness (QED) is 0.667. The molecule has 0 bridgehead atoms. The first-order valence-corrected chi connectivity index (χ1v) is 4.80. The molecule has 0 fully saturated rings. The summed E-state index contributed by atoms with van der Waals surface area (Å²) in [4.78, 5) is 0. The first kappa shape index (κ1) is 14.6. The van der Waals surface area contributed by atoms with Crippen LogP contribution in [0, 0.1) is 0 Å². The van der Waals surface area contributed by atoms with Gasteiger partial charge in [-0.1, -0.05) is 0 Å². The summed E-state index contributed by atoms with van der Waals surface area (Å²) >= 11 is 0. The topological polar surface area (TPSA) is 21.3 Å². The van der Waals surface area contributed by atoms with E-state index in [2.05, 4.69) is 10.1 Å². The van der Waals surface area contributed by atoms with Gasteiger partial charge in [-0.2, -0.15) is 13.2 Å². The van der Waals surface area contributed by atoms with Gasteiger partial charge in [0.25, 0.3) is 0 Å². The number of alkyl halides is 6. The number of halogens is 6. The predicted molar refractivity (Wildman–Crippen MR) is 51.9 cm³/mol. The number of rotatable bonds is 4. The maximum Gasteiger partial charge on any atom is 0.522 e. The Morgan fingerprint density at radius 2 is 1.50 bits per heavy atom. The lowest BCUT2D eigenvalue weighted by molar-refractivity contribution is -0.322. The van der Waals surface area contributed by atoms with Gasteiger partial charge in [0.15, 0.2) is 0 Å². The Morgan fingerprint density at radius 3 is 1.94 bits per heavy atom. The van der Waals surface area contributed by atoms with Crippen LogP contribution < -0.4 is 5.32 Å². The molecule has 0 amide bonds.